The molecule has 1 aromatic heterocycles. The maximum Gasteiger partial charge on any atom is 0.494 e. The second-order valence-corrected chi connectivity index (χ2v) is 11.4. The highest BCUT2D eigenvalue weighted by molar-refractivity contribution is 6.62. The van der Waals surface area contributed by atoms with E-state index in [-0.39, 0.29) is 18.1 Å². The zero-order chi connectivity index (χ0) is 28.7. The summed E-state index contributed by atoms with van der Waals surface area (Å²) in [4.78, 5) is 14.1. The third kappa shape index (κ3) is 5.11. The Balaban J connectivity index is 1.68. The minimum absolute atomic E-state index is 0.0513. The number of benzene rings is 2. The Morgan fingerprint density at radius 3 is 2.48 bits per heavy atom. The highest BCUT2D eigenvalue weighted by Gasteiger charge is 2.51. The fourth-order valence-electron chi connectivity index (χ4n) is 5.27. The first-order valence-corrected chi connectivity index (χ1v) is 13.7. The van der Waals surface area contributed by atoms with Crippen LogP contribution in [0.2, 0.25) is 0 Å². The normalized spacial score (nSPS) is 19.9. The van der Waals surface area contributed by atoms with Crippen LogP contribution in [-0.2, 0) is 20.6 Å². The van der Waals surface area contributed by atoms with Crippen LogP contribution < -0.4 is 25.8 Å². The van der Waals surface area contributed by atoms with Crippen molar-refractivity contribution in [3.8, 4) is 11.5 Å². The van der Waals surface area contributed by atoms with Gasteiger partial charge in [0.15, 0.2) is 0 Å². The number of anilines is 1. The van der Waals surface area contributed by atoms with Gasteiger partial charge in [-0.3, -0.25) is 4.79 Å². The largest absolute Gasteiger partial charge is 0.497 e. The Hall–Kier alpha value is -3.34. The first kappa shape index (κ1) is 28.2. The van der Waals surface area contributed by atoms with Crippen LogP contribution in [0.25, 0.3) is 10.9 Å². The van der Waals surface area contributed by atoms with E-state index in [2.05, 4.69) is 5.32 Å². The SMILES string of the molecule is COc1ccc(Cn2c(=O)c(C=N)c(NC3CCCOC3)c3ccc(B4OC(C)(C)C(C)(C)O4)cc32)c(OC)c1. The zero-order valence-corrected chi connectivity index (χ0v) is 24.1. The van der Waals surface area contributed by atoms with E-state index in [1.165, 1.54) is 0 Å². The number of ether oxygens (including phenoxy) is 3. The van der Waals surface area contributed by atoms with E-state index in [9.17, 15) is 4.79 Å². The molecule has 212 valence electrons. The van der Waals surface area contributed by atoms with Crippen molar-refractivity contribution in [2.75, 3.05) is 32.8 Å². The lowest BCUT2D eigenvalue weighted by Gasteiger charge is -2.32. The number of nitrogens with zero attached hydrogens (tertiary/aromatic N) is 1. The van der Waals surface area contributed by atoms with Gasteiger partial charge in [-0.2, -0.15) is 0 Å². The topological polar surface area (TPSA) is 104 Å². The number of rotatable bonds is 8. The van der Waals surface area contributed by atoms with Crippen LogP contribution in [0.1, 0.15) is 51.7 Å². The summed E-state index contributed by atoms with van der Waals surface area (Å²) < 4.78 is 31.0. The standard InChI is InChI=1S/C30H38BN3O6/c1-29(2)30(3,4)40-31(39-29)20-10-12-23-25(14-20)34(17-19-9-11-22(36-5)15-26(19)37-6)28(35)24(16-32)27(23)33-21-8-7-13-38-18-21/h9-12,14-16,21,32-33H,7-8,13,17-18H2,1-6H3. The maximum atomic E-state index is 14.1. The van der Waals surface area contributed by atoms with Gasteiger partial charge in [0.25, 0.3) is 5.56 Å². The van der Waals surface area contributed by atoms with Gasteiger partial charge < -0.3 is 38.8 Å². The molecule has 0 spiro atoms. The summed E-state index contributed by atoms with van der Waals surface area (Å²) in [5.41, 5.74) is 2.00. The van der Waals surface area contributed by atoms with Crippen LogP contribution in [0.15, 0.2) is 41.2 Å². The summed E-state index contributed by atoms with van der Waals surface area (Å²) in [6.45, 7) is 9.60. The molecule has 0 saturated carbocycles. The molecule has 40 heavy (non-hydrogen) atoms. The summed E-state index contributed by atoms with van der Waals surface area (Å²) in [6.07, 6.45) is 3.00. The Bertz CT molecular complexity index is 1460. The molecule has 1 unspecified atom stereocenters. The molecular formula is C30H38BN3O6. The lowest BCUT2D eigenvalue weighted by Crippen LogP contribution is -2.41. The van der Waals surface area contributed by atoms with E-state index in [1.54, 1.807) is 24.9 Å². The molecule has 0 aliphatic carbocycles. The Kier molecular flexibility index (Phi) is 7.69. The van der Waals surface area contributed by atoms with Crippen molar-refractivity contribution in [3.05, 3.63) is 57.9 Å². The highest BCUT2D eigenvalue weighted by Crippen LogP contribution is 2.37. The molecular weight excluding hydrogens is 509 g/mol. The monoisotopic (exact) mass is 547 g/mol. The molecule has 2 fully saturated rings. The molecule has 1 atom stereocenters. The fourth-order valence-corrected chi connectivity index (χ4v) is 5.27. The Labute approximate surface area is 235 Å². The Morgan fingerprint density at radius 2 is 1.85 bits per heavy atom. The van der Waals surface area contributed by atoms with Crippen LogP contribution >= 0.6 is 0 Å². The van der Waals surface area contributed by atoms with E-state index in [4.69, 9.17) is 28.9 Å². The van der Waals surface area contributed by atoms with Gasteiger partial charge in [0.05, 0.1) is 55.3 Å². The molecule has 0 bridgehead atoms. The lowest BCUT2D eigenvalue weighted by molar-refractivity contribution is 0.00578. The first-order valence-electron chi connectivity index (χ1n) is 13.7. The van der Waals surface area contributed by atoms with Gasteiger partial charge in [-0.15, -0.1) is 0 Å². The van der Waals surface area contributed by atoms with Crippen molar-refractivity contribution in [1.82, 2.24) is 4.57 Å². The van der Waals surface area contributed by atoms with Gasteiger partial charge >= 0.3 is 7.12 Å². The predicted molar refractivity (Wildman–Crippen MR) is 158 cm³/mol. The third-order valence-corrected chi connectivity index (χ3v) is 8.33. The zero-order valence-electron chi connectivity index (χ0n) is 24.1. The molecule has 0 radical (unpaired) electrons. The van der Waals surface area contributed by atoms with Gasteiger partial charge in [-0.1, -0.05) is 12.1 Å². The maximum absolute atomic E-state index is 14.1. The van der Waals surface area contributed by atoms with Crippen LogP contribution in [0.3, 0.4) is 0 Å². The molecule has 5 rings (SSSR count). The van der Waals surface area contributed by atoms with Crippen molar-refractivity contribution < 1.29 is 23.5 Å². The van der Waals surface area contributed by atoms with Crippen molar-refractivity contribution in [3.63, 3.8) is 0 Å². The molecule has 2 aromatic carbocycles. The van der Waals surface area contributed by atoms with Gasteiger partial charge in [-0.05, 0) is 64.2 Å². The molecule has 3 heterocycles. The summed E-state index contributed by atoms with van der Waals surface area (Å²) in [5, 5.41) is 12.6. The van der Waals surface area contributed by atoms with Gasteiger partial charge in [0.1, 0.15) is 11.5 Å². The molecule has 10 heteroatoms. The van der Waals surface area contributed by atoms with E-state index in [0.717, 1.165) is 42.1 Å². The number of nitrogens with one attached hydrogen (secondary N) is 2. The summed E-state index contributed by atoms with van der Waals surface area (Å²) in [5.74, 6) is 1.27. The minimum Gasteiger partial charge on any atom is -0.497 e. The van der Waals surface area contributed by atoms with Gasteiger partial charge in [0, 0.05) is 35.9 Å². The van der Waals surface area contributed by atoms with Crippen molar-refractivity contribution >= 4 is 35.4 Å². The first-order chi connectivity index (χ1) is 19.1. The van der Waals surface area contributed by atoms with Crippen LogP contribution in [0, 0.1) is 5.41 Å². The molecule has 0 amide bonds. The molecule has 9 nitrogen and oxygen atoms in total. The lowest BCUT2D eigenvalue weighted by atomic mass is 9.78. The molecule has 2 aliphatic rings. The average molecular weight is 547 g/mol. The van der Waals surface area contributed by atoms with Crippen LogP contribution in [0.4, 0.5) is 5.69 Å². The van der Waals surface area contributed by atoms with Crippen molar-refractivity contribution in [2.45, 2.75) is 64.3 Å². The van der Waals surface area contributed by atoms with Crippen molar-refractivity contribution in [1.29, 1.82) is 5.41 Å². The number of fused-ring (bicyclic) bond motifs is 1. The molecule has 2 aliphatic heterocycles. The number of hydrogen-bond donors (Lipinski definition) is 2. The summed E-state index contributed by atoms with van der Waals surface area (Å²) >= 11 is 0. The average Bonchev–Trinajstić information content (AvgIpc) is 3.17. The summed E-state index contributed by atoms with van der Waals surface area (Å²) in [7, 11) is 2.61. The predicted octanol–water partition coefficient (Wildman–Crippen LogP) is 3.95. The minimum atomic E-state index is -0.584. The number of aromatic nitrogens is 1. The number of pyridine rings is 1. The molecule has 2 N–H and O–H groups in total. The van der Waals surface area contributed by atoms with Crippen molar-refractivity contribution in [2.24, 2.45) is 0 Å². The smallest absolute Gasteiger partial charge is 0.494 e. The second-order valence-electron chi connectivity index (χ2n) is 11.4. The third-order valence-electron chi connectivity index (χ3n) is 8.33. The van der Waals surface area contributed by atoms with E-state index in [0.29, 0.717) is 34.9 Å². The van der Waals surface area contributed by atoms with Crippen LogP contribution in [-0.4, -0.2) is 62.6 Å². The Morgan fingerprint density at radius 1 is 1.10 bits per heavy atom. The van der Waals surface area contributed by atoms with E-state index < -0.39 is 18.3 Å². The highest BCUT2D eigenvalue weighted by atomic mass is 16.7. The van der Waals surface area contributed by atoms with E-state index in [1.807, 2.05) is 58.0 Å². The second kappa shape index (κ2) is 10.9. The van der Waals surface area contributed by atoms with Gasteiger partial charge in [0.2, 0.25) is 0 Å². The molecule has 3 aromatic rings. The number of hydrogen-bond acceptors (Lipinski definition) is 8. The van der Waals surface area contributed by atoms with Crippen LogP contribution in [0.5, 0.6) is 11.5 Å². The van der Waals surface area contributed by atoms with Gasteiger partial charge in [-0.25, -0.2) is 0 Å². The summed E-state index contributed by atoms with van der Waals surface area (Å²) in [6, 6.07) is 11.5. The van der Waals surface area contributed by atoms with E-state index >= 15 is 0 Å². The quantitative estimate of drug-likeness (QED) is 0.325. The number of methoxy groups -OCH3 is 2. The fraction of sp³-hybridized carbons (Fsp3) is 0.467. The molecule has 2 saturated heterocycles.